The number of hydrogen-bond acceptors (Lipinski definition) is 3. The Morgan fingerprint density at radius 3 is 3.00 bits per heavy atom. The molecular formula is C15H21NO2. The molecule has 98 valence electrons. The van der Waals surface area contributed by atoms with Gasteiger partial charge in [-0.15, -0.1) is 0 Å². The molecule has 1 fully saturated rings. The number of ether oxygens (including phenoxy) is 1. The van der Waals surface area contributed by atoms with Crippen molar-refractivity contribution in [3.8, 4) is 0 Å². The molecule has 0 aromatic heterocycles. The molecule has 1 aromatic rings. The minimum absolute atomic E-state index is 0.462. The second-order valence-electron chi connectivity index (χ2n) is 5.59. The molecule has 0 radical (unpaired) electrons. The summed E-state index contributed by atoms with van der Waals surface area (Å²) in [6, 6.07) is 6.77. The van der Waals surface area contributed by atoms with E-state index in [9.17, 15) is 5.11 Å². The number of nitrogens with one attached hydrogen (secondary N) is 1. The van der Waals surface area contributed by atoms with Crippen molar-refractivity contribution in [3.05, 3.63) is 34.9 Å². The zero-order valence-electron chi connectivity index (χ0n) is 10.7. The summed E-state index contributed by atoms with van der Waals surface area (Å²) in [4.78, 5) is 0. The predicted molar refractivity (Wildman–Crippen MR) is 70.6 cm³/mol. The Kier molecular flexibility index (Phi) is 3.37. The van der Waals surface area contributed by atoms with E-state index in [-0.39, 0.29) is 0 Å². The lowest BCUT2D eigenvalue weighted by Crippen LogP contribution is -2.40. The Hall–Kier alpha value is -0.900. The molecule has 18 heavy (non-hydrogen) atoms. The van der Waals surface area contributed by atoms with Gasteiger partial charge in [-0.25, -0.2) is 0 Å². The lowest BCUT2D eigenvalue weighted by atomic mass is 10.0. The molecule has 0 bridgehead atoms. The van der Waals surface area contributed by atoms with E-state index in [2.05, 4.69) is 23.5 Å². The monoisotopic (exact) mass is 247 g/mol. The summed E-state index contributed by atoms with van der Waals surface area (Å²) in [7, 11) is 0. The summed E-state index contributed by atoms with van der Waals surface area (Å²) in [5.74, 6) is 0. The molecule has 1 atom stereocenters. The molecule has 0 spiro atoms. The van der Waals surface area contributed by atoms with Crippen molar-refractivity contribution in [2.75, 3.05) is 19.8 Å². The first kappa shape index (κ1) is 12.2. The minimum Gasteiger partial charge on any atom is -0.386 e. The molecule has 3 heteroatoms. The van der Waals surface area contributed by atoms with Crippen LogP contribution in [0.1, 0.15) is 29.5 Å². The van der Waals surface area contributed by atoms with Crippen molar-refractivity contribution < 1.29 is 9.84 Å². The van der Waals surface area contributed by atoms with E-state index in [1.807, 2.05) is 0 Å². The van der Waals surface area contributed by atoms with Gasteiger partial charge in [0.1, 0.15) is 5.60 Å². The van der Waals surface area contributed by atoms with E-state index in [1.54, 1.807) is 0 Å². The summed E-state index contributed by atoms with van der Waals surface area (Å²) >= 11 is 0. The molecule has 1 unspecified atom stereocenters. The van der Waals surface area contributed by atoms with E-state index >= 15 is 0 Å². The maximum atomic E-state index is 10.1. The third-order valence-corrected chi connectivity index (χ3v) is 4.03. The normalized spacial score (nSPS) is 26.5. The third kappa shape index (κ3) is 2.58. The third-order valence-electron chi connectivity index (χ3n) is 4.03. The highest BCUT2D eigenvalue weighted by molar-refractivity contribution is 5.35. The molecule has 1 aromatic carbocycles. The van der Waals surface area contributed by atoms with Crippen LogP contribution in [0.15, 0.2) is 18.2 Å². The SMILES string of the molecule is OC1(CNCc2ccc3c(c2)CCC3)CCOC1. The lowest BCUT2D eigenvalue weighted by Gasteiger charge is -2.20. The largest absolute Gasteiger partial charge is 0.386 e. The van der Waals surface area contributed by atoms with E-state index in [1.165, 1.54) is 36.0 Å². The minimum atomic E-state index is -0.656. The molecule has 1 aliphatic heterocycles. The second kappa shape index (κ2) is 5.00. The quantitative estimate of drug-likeness (QED) is 0.845. The number of rotatable bonds is 4. The first-order chi connectivity index (χ1) is 8.75. The second-order valence-corrected chi connectivity index (χ2v) is 5.59. The molecule has 1 heterocycles. The lowest BCUT2D eigenvalue weighted by molar-refractivity contribution is 0.0268. The molecule has 0 saturated carbocycles. The van der Waals surface area contributed by atoms with Gasteiger partial charge >= 0.3 is 0 Å². The number of aliphatic hydroxyl groups is 1. The van der Waals surface area contributed by atoms with Crippen molar-refractivity contribution >= 4 is 0 Å². The highest BCUT2D eigenvalue weighted by Gasteiger charge is 2.31. The van der Waals surface area contributed by atoms with Gasteiger partial charge in [0.2, 0.25) is 0 Å². The fourth-order valence-electron chi connectivity index (χ4n) is 2.91. The molecule has 2 N–H and O–H groups in total. The molecule has 2 aliphatic rings. The highest BCUT2D eigenvalue weighted by atomic mass is 16.5. The van der Waals surface area contributed by atoms with Gasteiger partial charge < -0.3 is 15.2 Å². The maximum absolute atomic E-state index is 10.1. The van der Waals surface area contributed by atoms with E-state index in [4.69, 9.17) is 4.74 Å². The Morgan fingerprint density at radius 2 is 2.17 bits per heavy atom. The number of aryl methyl sites for hydroxylation is 2. The van der Waals surface area contributed by atoms with E-state index < -0.39 is 5.60 Å². The van der Waals surface area contributed by atoms with Crippen molar-refractivity contribution in [2.45, 2.75) is 37.8 Å². The smallest absolute Gasteiger partial charge is 0.102 e. The van der Waals surface area contributed by atoms with Gasteiger partial charge in [0.25, 0.3) is 0 Å². The summed E-state index contributed by atoms with van der Waals surface area (Å²) < 4.78 is 5.23. The topological polar surface area (TPSA) is 41.5 Å². The summed E-state index contributed by atoms with van der Waals surface area (Å²) in [6.45, 7) is 2.58. The molecule has 0 amide bonds. The van der Waals surface area contributed by atoms with Crippen LogP contribution >= 0.6 is 0 Å². The summed E-state index contributed by atoms with van der Waals surface area (Å²) in [5.41, 5.74) is 3.69. The number of fused-ring (bicyclic) bond motifs is 1. The Morgan fingerprint density at radius 1 is 1.28 bits per heavy atom. The van der Waals surface area contributed by atoms with Gasteiger partial charge in [0.15, 0.2) is 0 Å². The van der Waals surface area contributed by atoms with Gasteiger partial charge in [-0.3, -0.25) is 0 Å². The van der Waals surface area contributed by atoms with Crippen LogP contribution < -0.4 is 5.32 Å². The van der Waals surface area contributed by atoms with Crippen LogP contribution in [-0.4, -0.2) is 30.5 Å². The summed E-state index contributed by atoms with van der Waals surface area (Å²) in [5, 5.41) is 13.5. The van der Waals surface area contributed by atoms with Crippen LogP contribution in [0.5, 0.6) is 0 Å². The van der Waals surface area contributed by atoms with Crippen LogP contribution in [0, 0.1) is 0 Å². The molecule has 1 saturated heterocycles. The number of hydrogen-bond donors (Lipinski definition) is 2. The molecule has 3 rings (SSSR count). The first-order valence-corrected chi connectivity index (χ1v) is 6.87. The standard InChI is InChI=1S/C15H21NO2/c17-15(6-7-18-11-15)10-16-9-12-4-5-13-2-1-3-14(13)8-12/h4-5,8,16-17H,1-3,6-7,9-11H2. The average Bonchev–Trinajstić information content (AvgIpc) is 2.97. The van der Waals surface area contributed by atoms with Gasteiger partial charge in [-0.1, -0.05) is 18.2 Å². The van der Waals surface area contributed by atoms with Gasteiger partial charge in [0.05, 0.1) is 6.61 Å². The van der Waals surface area contributed by atoms with Gasteiger partial charge in [-0.2, -0.15) is 0 Å². The Balaban J connectivity index is 1.54. The summed E-state index contributed by atoms with van der Waals surface area (Å²) in [6.07, 6.45) is 4.49. The van der Waals surface area contributed by atoms with E-state index in [0.717, 1.165) is 13.0 Å². The van der Waals surface area contributed by atoms with Crippen LogP contribution in [-0.2, 0) is 24.1 Å². The first-order valence-electron chi connectivity index (χ1n) is 6.87. The van der Waals surface area contributed by atoms with Gasteiger partial charge in [-0.05, 0) is 36.0 Å². The van der Waals surface area contributed by atoms with Crippen molar-refractivity contribution in [2.24, 2.45) is 0 Å². The van der Waals surface area contributed by atoms with Gasteiger partial charge in [0, 0.05) is 26.1 Å². The van der Waals surface area contributed by atoms with Crippen molar-refractivity contribution in [1.82, 2.24) is 5.32 Å². The number of benzene rings is 1. The molecular weight excluding hydrogens is 226 g/mol. The Labute approximate surface area is 108 Å². The fourth-order valence-corrected chi connectivity index (χ4v) is 2.91. The zero-order chi connectivity index (χ0) is 12.4. The zero-order valence-corrected chi connectivity index (χ0v) is 10.7. The molecule has 3 nitrogen and oxygen atoms in total. The van der Waals surface area contributed by atoms with Crippen LogP contribution in [0.3, 0.4) is 0 Å². The van der Waals surface area contributed by atoms with Crippen LogP contribution in [0.2, 0.25) is 0 Å². The molecule has 1 aliphatic carbocycles. The van der Waals surface area contributed by atoms with Crippen LogP contribution in [0.4, 0.5) is 0 Å². The Bertz CT molecular complexity index is 425. The van der Waals surface area contributed by atoms with E-state index in [0.29, 0.717) is 19.8 Å². The predicted octanol–water partition coefficient (Wildman–Crippen LogP) is 1.42. The average molecular weight is 247 g/mol. The highest BCUT2D eigenvalue weighted by Crippen LogP contribution is 2.23. The van der Waals surface area contributed by atoms with Crippen molar-refractivity contribution in [1.29, 1.82) is 0 Å². The van der Waals surface area contributed by atoms with Crippen molar-refractivity contribution in [3.63, 3.8) is 0 Å². The fraction of sp³-hybridized carbons (Fsp3) is 0.600. The van der Waals surface area contributed by atoms with Crippen LogP contribution in [0.25, 0.3) is 0 Å². The maximum Gasteiger partial charge on any atom is 0.102 e.